The molecule has 0 saturated carbocycles. The van der Waals surface area contributed by atoms with Crippen molar-refractivity contribution in [3.8, 4) is 0 Å². The molecule has 4 nitrogen and oxygen atoms in total. The van der Waals surface area contributed by atoms with E-state index >= 15 is 0 Å². The van der Waals surface area contributed by atoms with Gasteiger partial charge in [-0.05, 0) is 37.5 Å². The lowest BCUT2D eigenvalue weighted by atomic mass is 10.1. The van der Waals surface area contributed by atoms with Gasteiger partial charge in [-0.1, -0.05) is 26.0 Å². The number of amides is 2. The second-order valence-electron chi connectivity index (χ2n) is 5.31. The Labute approximate surface area is 120 Å². The molecule has 0 bridgehead atoms. The van der Waals surface area contributed by atoms with Crippen molar-refractivity contribution >= 4 is 17.5 Å². The van der Waals surface area contributed by atoms with Crippen molar-refractivity contribution in [3.05, 3.63) is 29.8 Å². The highest BCUT2D eigenvalue weighted by molar-refractivity contribution is 6.07. The zero-order valence-corrected chi connectivity index (χ0v) is 12.3. The molecule has 108 valence electrons. The van der Waals surface area contributed by atoms with E-state index in [0.717, 1.165) is 18.5 Å². The third-order valence-corrected chi connectivity index (χ3v) is 3.89. The van der Waals surface area contributed by atoms with Gasteiger partial charge in [-0.2, -0.15) is 0 Å². The predicted molar refractivity (Wildman–Crippen MR) is 79.5 cm³/mol. The Morgan fingerprint density at radius 1 is 1.35 bits per heavy atom. The van der Waals surface area contributed by atoms with Crippen LogP contribution in [0.2, 0.25) is 0 Å². The number of hydrogen-bond donors (Lipinski definition) is 1. The molecule has 2 amide bonds. The maximum atomic E-state index is 12.3. The van der Waals surface area contributed by atoms with Crippen molar-refractivity contribution in [2.24, 2.45) is 0 Å². The summed E-state index contributed by atoms with van der Waals surface area (Å²) in [4.78, 5) is 25.7. The first-order chi connectivity index (χ1) is 9.56. The van der Waals surface area contributed by atoms with Crippen LogP contribution >= 0.6 is 0 Å². The molecule has 2 unspecified atom stereocenters. The molecule has 1 aromatic carbocycles. The fraction of sp³-hybridized carbons (Fsp3) is 0.500. The summed E-state index contributed by atoms with van der Waals surface area (Å²) in [7, 11) is 0. The monoisotopic (exact) mass is 274 g/mol. The lowest BCUT2D eigenvalue weighted by Gasteiger charge is -2.22. The third kappa shape index (κ3) is 2.84. The summed E-state index contributed by atoms with van der Waals surface area (Å²) in [6.45, 7) is 5.99. The van der Waals surface area contributed by atoms with Gasteiger partial charge >= 0.3 is 0 Å². The average molecular weight is 274 g/mol. The van der Waals surface area contributed by atoms with Gasteiger partial charge in [0.25, 0.3) is 5.91 Å². The molecule has 2 atom stereocenters. The summed E-state index contributed by atoms with van der Waals surface area (Å²) in [5.74, 6) is -0.181. The van der Waals surface area contributed by atoms with Crippen LogP contribution in [-0.4, -0.2) is 28.8 Å². The highest BCUT2D eigenvalue weighted by Crippen LogP contribution is 2.22. The van der Waals surface area contributed by atoms with E-state index < -0.39 is 6.04 Å². The van der Waals surface area contributed by atoms with Crippen LogP contribution in [0.25, 0.3) is 0 Å². The van der Waals surface area contributed by atoms with Crippen molar-refractivity contribution in [2.45, 2.75) is 52.1 Å². The molecule has 0 aromatic heterocycles. The number of nitrogens with zero attached hydrogens (tertiary/aromatic N) is 1. The normalized spacial score (nSPS) is 20.4. The number of likely N-dealkylation sites (tertiary alicyclic amines) is 1. The quantitative estimate of drug-likeness (QED) is 0.840. The molecule has 0 radical (unpaired) electrons. The smallest absolute Gasteiger partial charge is 0.252 e. The summed E-state index contributed by atoms with van der Waals surface area (Å²) < 4.78 is 0. The molecule has 1 aliphatic rings. The van der Waals surface area contributed by atoms with Gasteiger partial charge in [0.1, 0.15) is 6.04 Å². The fourth-order valence-electron chi connectivity index (χ4n) is 2.49. The minimum absolute atomic E-state index is 0.0243. The van der Waals surface area contributed by atoms with Crippen LogP contribution in [0.5, 0.6) is 0 Å². The first-order valence-electron chi connectivity index (χ1n) is 7.28. The minimum atomic E-state index is -0.427. The Kier molecular flexibility index (Phi) is 4.42. The molecule has 1 fully saturated rings. The Hall–Kier alpha value is -1.84. The Balaban J connectivity index is 2.11. The number of nitrogens with one attached hydrogen (secondary N) is 1. The van der Waals surface area contributed by atoms with Crippen molar-refractivity contribution in [2.75, 3.05) is 5.32 Å². The zero-order chi connectivity index (χ0) is 14.7. The molecule has 0 spiro atoms. The van der Waals surface area contributed by atoms with Crippen molar-refractivity contribution in [3.63, 3.8) is 0 Å². The Morgan fingerprint density at radius 2 is 2.10 bits per heavy atom. The van der Waals surface area contributed by atoms with Gasteiger partial charge in [-0.3, -0.25) is 14.5 Å². The highest BCUT2D eigenvalue weighted by atomic mass is 16.2. The van der Waals surface area contributed by atoms with Crippen LogP contribution in [-0.2, 0) is 16.0 Å². The van der Waals surface area contributed by atoms with E-state index in [2.05, 4.69) is 18.3 Å². The highest BCUT2D eigenvalue weighted by Gasteiger charge is 2.40. The van der Waals surface area contributed by atoms with Gasteiger partial charge in [0.05, 0.1) is 6.42 Å². The topological polar surface area (TPSA) is 49.4 Å². The molecule has 1 saturated heterocycles. The number of benzene rings is 1. The first kappa shape index (κ1) is 14.6. The molecule has 20 heavy (non-hydrogen) atoms. The van der Waals surface area contributed by atoms with Gasteiger partial charge in [0.15, 0.2) is 0 Å². The van der Waals surface area contributed by atoms with Crippen LogP contribution in [0, 0.1) is 0 Å². The summed E-state index contributed by atoms with van der Waals surface area (Å²) in [5, 5.41) is 3.19. The minimum Gasteiger partial charge on any atom is -0.373 e. The molecule has 4 heteroatoms. The number of anilines is 1. The molecule has 1 aliphatic heterocycles. The van der Waals surface area contributed by atoms with Crippen LogP contribution < -0.4 is 5.32 Å². The van der Waals surface area contributed by atoms with Crippen molar-refractivity contribution < 1.29 is 9.59 Å². The van der Waals surface area contributed by atoms with E-state index in [1.165, 1.54) is 10.5 Å². The van der Waals surface area contributed by atoms with Crippen molar-refractivity contribution in [1.29, 1.82) is 0 Å². The van der Waals surface area contributed by atoms with E-state index in [-0.39, 0.29) is 24.3 Å². The molecular weight excluding hydrogens is 252 g/mol. The molecular formula is C16H22N2O2. The van der Waals surface area contributed by atoms with Crippen LogP contribution in [0.1, 0.15) is 39.2 Å². The number of imide groups is 1. The zero-order valence-electron chi connectivity index (χ0n) is 12.3. The summed E-state index contributed by atoms with van der Waals surface area (Å²) in [6.07, 6.45) is 1.99. The molecule has 2 rings (SSSR count). The maximum Gasteiger partial charge on any atom is 0.252 e. The summed E-state index contributed by atoms with van der Waals surface area (Å²) in [5.41, 5.74) is 2.12. The third-order valence-electron chi connectivity index (χ3n) is 3.89. The number of aryl methyl sites for hydroxylation is 1. The van der Waals surface area contributed by atoms with E-state index in [1.807, 2.05) is 32.0 Å². The van der Waals surface area contributed by atoms with Gasteiger partial charge in [-0.25, -0.2) is 0 Å². The second kappa shape index (κ2) is 6.07. The van der Waals surface area contributed by atoms with Crippen LogP contribution in [0.3, 0.4) is 0 Å². The summed E-state index contributed by atoms with van der Waals surface area (Å²) >= 11 is 0. The second-order valence-corrected chi connectivity index (χ2v) is 5.31. The predicted octanol–water partition coefficient (Wildman–Crippen LogP) is 2.59. The van der Waals surface area contributed by atoms with Crippen LogP contribution in [0.4, 0.5) is 5.69 Å². The van der Waals surface area contributed by atoms with E-state index in [9.17, 15) is 9.59 Å². The number of carbonyl (C=O) groups excluding carboxylic acids is 2. The summed E-state index contributed by atoms with van der Waals surface area (Å²) in [6, 6.07) is 7.53. The van der Waals surface area contributed by atoms with Crippen molar-refractivity contribution in [1.82, 2.24) is 4.90 Å². The standard InChI is InChI=1S/C16H22N2O2/c1-4-11(3)18-15(19)10-14(16(18)20)17-13-8-6-7-12(5-2)9-13/h6-9,11,14,17H,4-5,10H2,1-3H3. The lowest BCUT2D eigenvalue weighted by Crippen LogP contribution is -2.40. The van der Waals surface area contributed by atoms with E-state index in [1.54, 1.807) is 0 Å². The number of carbonyl (C=O) groups is 2. The van der Waals surface area contributed by atoms with E-state index in [0.29, 0.717) is 0 Å². The largest absolute Gasteiger partial charge is 0.373 e. The Bertz CT molecular complexity index is 513. The fourth-order valence-corrected chi connectivity index (χ4v) is 2.49. The van der Waals surface area contributed by atoms with E-state index in [4.69, 9.17) is 0 Å². The first-order valence-corrected chi connectivity index (χ1v) is 7.28. The van der Waals surface area contributed by atoms with Crippen LogP contribution in [0.15, 0.2) is 24.3 Å². The molecule has 1 N–H and O–H groups in total. The molecule has 1 heterocycles. The van der Waals surface area contributed by atoms with Gasteiger partial charge in [0.2, 0.25) is 5.91 Å². The van der Waals surface area contributed by atoms with Gasteiger partial charge in [0, 0.05) is 11.7 Å². The van der Waals surface area contributed by atoms with Gasteiger partial charge < -0.3 is 5.32 Å². The lowest BCUT2D eigenvalue weighted by molar-refractivity contribution is -0.140. The number of hydrogen-bond acceptors (Lipinski definition) is 3. The average Bonchev–Trinajstić information content (AvgIpc) is 2.73. The van der Waals surface area contributed by atoms with Gasteiger partial charge in [-0.15, -0.1) is 0 Å². The SMILES string of the molecule is CCc1cccc(NC2CC(=O)N(C(C)CC)C2=O)c1. The molecule has 1 aromatic rings. The number of rotatable bonds is 5. The Morgan fingerprint density at radius 3 is 2.75 bits per heavy atom. The molecule has 0 aliphatic carbocycles. The maximum absolute atomic E-state index is 12.3.